The zero-order chi connectivity index (χ0) is 13.5. The van der Waals surface area contributed by atoms with E-state index in [9.17, 15) is 9.18 Å². The molecule has 1 amide bonds. The van der Waals surface area contributed by atoms with E-state index in [4.69, 9.17) is 0 Å². The summed E-state index contributed by atoms with van der Waals surface area (Å²) in [5.74, 6) is 0.654. The minimum absolute atomic E-state index is 0.0772. The Morgan fingerprint density at radius 3 is 2.56 bits per heavy atom. The molecule has 0 saturated carbocycles. The number of likely N-dealkylation sites (N-methyl/N-ethyl adjacent to an activating group) is 2. The summed E-state index contributed by atoms with van der Waals surface area (Å²) in [5, 5.41) is 0. The molecule has 3 nitrogen and oxygen atoms in total. The molecule has 5 heteroatoms. The van der Waals surface area contributed by atoms with Crippen LogP contribution in [0, 0.1) is 5.82 Å². The van der Waals surface area contributed by atoms with Crippen LogP contribution in [0.3, 0.4) is 0 Å². The highest BCUT2D eigenvalue weighted by Crippen LogP contribution is 2.20. The molecule has 0 heterocycles. The highest BCUT2D eigenvalue weighted by atomic mass is 32.2. The van der Waals surface area contributed by atoms with Crippen LogP contribution in [0.2, 0.25) is 0 Å². The fourth-order valence-electron chi connectivity index (χ4n) is 1.32. The van der Waals surface area contributed by atoms with Gasteiger partial charge in [-0.1, -0.05) is 12.1 Å². The summed E-state index contributed by atoms with van der Waals surface area (Å²) >= 11 is 1.47. The Kier molecular flexibility index (Phi) is 6.15. The molecule has 0 saturated heterocycles. The third-order valence-corrected chi connectivity index (χ3v) is 3.50. The van der Waals surface area contributed by atoms with Crippen LogP contribution in [-0.2, 0) is 4.79 Å². The molecule has 0 bridgehead atoms. The number of halogens is 1. The number of benzene rings is 1. The summed E-state index contributed by atoms with van der Waals surface area (Å²) in [4.78, 5) is 15.6. The van der Waals surface area contributed by atoms with E-state index in [1.54, 1.807) is 31.1 Å². The van der Waals surface area contributed by atoms with Gasteiger partial charge in [0.15, 0.2) is 0 Å². The standard InChI is InChI=1S/C13H19FN2OS/c1-15(2)13(17)10-16(3)8-9-18-12-7-5-4-6-11(12)14/h4-7H,8-10H2,1-3H3. The molecule has 0 spiro atoms. The Balaban J connectivity index is 2.30. The maximum absolute atomic E-state index is 13.3. The topological polar surface area (TPSA) is 23.6 Å². The maximum atomic E-state index is 13.3. The van der Waals surface area contributed by atoms with Crippen molar-refractivity contribution >= 4 is 17.7 Å². The molecule has 0 unspecified atom stereocenters. The zero-order valence-electron chi connectivity index (χ0n) is 11.0. The van der Waals surface area contributed by atoms with Crippen molar-refractivity contribution in [1.29, 1.82) is 0 Å². The van der Waals surface area contributed by atoms with Gasteiger partial charge in [-0.05, 0) is 19.2 Å². The van der Waals surface area contributed by atoms with Crippen molar-refractivity contribution in [3.63, 3.8) is 0 Å². The van der Waals surface area contributed by atoms with Gasteiger partial charge in [-0.3, -0.25) is 9.69 Å². The molecule has 0 fully saturated rings. The minimum atomic E-state index is -0.186. The summed E-state index contributed by atoms with van der Waals surface area (Å²) in [6.45, 7) is 1.14. The first-order chi connectivity index (χ1) is 8.50. The number of rotatable bonds is 6. The van der Waals surface area contributed by atoms with Crippen LogP contribution in [0.4, 0.5) is 4.39 Å². The van der Waals surface area contributed by atoms with Crippen LogP contribution >= 0.6 is 11.8 Å². The second-order valence-electron chi connectivity index (χ2n) is 4.30. The Morgan fingerprint density at radius 1 is 1.28 bits per heavy atom. The van der Waals surface area contributed by atoms with Crippen LogP contribution in [0.15, 0.2) is 29.2 Å². The summed E-state index contributed by atoms with van der Waals surface area (Å²) in [7, 11) is 5.37. The van der Waals surface area contributed by atoms with Crippen LogP contribution in [0.5, 0.6) is 0 Å². The largest absolute Gasteiger partial charge is 0.348 e. The number of carbonyl (C=O) groups excluding carboxylic acids is 1. The van der Waals surface area contributed by atoms with E-state index in [2.05, 4.69) is 0 Å². The van der Waals surface area contributed by atoms with E-state index in [1.807, 2.05) is 18.0 Å². The van der Waals surface area contributed by atoms with Crippen molar-refractivity contribution in [1.82, 2.24) is 9.80 Å². The second-order valence-corrected chi connectivity index (χ2v) is 5.44. The minimum Gasteiger partial charge on any atom is -0.348 e. The Bertz CT molecular complexity index is 398. The summed E-state index contributed by atoms with van der Waals surface area (Å²) in [6.07, 6.45) is 0. The van der Waals surface area contributed by atoms with E-state index < -0.39 is 0 Å². The van der Waals surface area contributed by atoms with Gasteiger partial charge < -0.3 is 4.90 Å². The van der Waals surface area contributed by atoms with Gasteiger partial charge in [0.25, 0.3) is 0 Å². The van der Waals surface area contributed by atoms with Crippen LogP contribution < -0.4 is 0 Å². The first-order valence-electron chi connectivity index (χ1n) is 5.76. The van der Waals surface area contributed by atoms with Crippen molar-refractivity contribution in [2.45, 2.75) is 4.90 Å². The van der Waals surface area contributed by atoms with Crippen LogP contribution in [-0.4, -0.2) is 55.7 Å². The van der Waals surface area contributed by atoms with Crippen molar-refractivity contribution in [3.05, 3.63) is 30.1 Å². The van der Waals surface area contributed by atoms with Gasteiger partial charge in [0.05, 0.1) is 6.54 Å². The van der Waals surface area contributed by atoms with E-state index in [0.29, 0.717) is 11.4 Å². The lowest BCUT2D eigenvalue weighted by Crippen LogP contribution is -2.35. The quantitative estimate of drug-likeness (QED) is 0.738. The lowest BCUT2D eigenvalue weighted by Gasteiger charge is -2.18. The molecule has 0 aliphatic carbocycles. The van der Waals surface area contributed by atoms with Crippen LogP contribution in [0.25, 0.3) is 0 Å². The smallest absolute Gasteiger partial charge is 0.236 e. The predicted octanol–water partition coefficient (Wildman–Crippen LogP) is 1.94. The normalized spacial score (nSPS) is 10.7. The van der Waals surface area contributed by atoms with Gasteiger partial charge in [-0.15, -0.1) is 11.8 Å². The van der Waals surface area contributed by atoms with Gasteiger partial charge in [0, 0.05) is 31.3 Å². The Morgan fingerprint density at radius 2 is 1.94 bits per heavy atom. The molecule has 1 aromatic carbocycles. The van der Waals surface area contributed by atoms with Gasteiger partial charge in [-0.25, -0.2) is 4.39 Å². The lowest BCUT2D eigenvalue weighted by molar-refractivity contribution is -0.129. The van der Waals surface area contributed by atoms with E-state index in [-0.39, 0.29) is 11.7 Å². The number of amides is 1. The lowest BCUT2D eigenvalue weighted by atomic mass is 10.3. The molecule has 18 heavy (non-hydrogen) atoms. The Hall–Kier alpha value is -1.07. The zero-order valence-corrected chi connectivity index (χ0v) is 11.8. The van der Waals surface area contributed by atoms with Gasteiger partial charge in [0.1, 0.15) is 5.82 Å². The third-order valence-electron chi connectivity index (χ3n) is 2.47. The highest BCUT2D eigenvalue weighted by molar-refractivity contribution is 7.99. The van der Waals surface area contributed by atoms with Gasteiger partial charge >= 0.3 is 0 Å². The molecule has 0 aromatic heterocycles. The fraction of sp³-hybridized carbons (Fsp3) is 0.462. The number of hydrogen-bond donors (Lipinski definition) is 0. The molecule has 0 aliphatic rings. The average Bonchev–Trinajstić information content (AvgIpc) is 2.31. The molecular weight excluding hydrogens is 251 g/mol. The molecule has 0 N–H and O–H groups in total. The van der Waals surface area contributed by atoms with E-state index in [0.717, 1.165) is 12.3 Å². The average molecular weight is 270 g/mol. The van der Waals surface area contributed by atoms with Crippen molar-refractivity contribution < 1.29 is 9.18 Å². The monoisotopic (exact) mass is 270 g/mol. The molecule has 1 rings (SSSR count). The molecule has 0 atom stereocenters. The first-order valence-corrected chi connectivity index (χ1v) is 6.75. The molecular formula is C13H19FN2OS. The second kappa shape index (κ2) is 7.38. The summed E-state index contributed by atoms with van der Waals surface area (Å²) in [5.41, 5.74) is 0. The molecule has 100 valence electrons. The van der Waals surface area contributed by atoms with Gasteiger partial charge in [-0.2, -0.15) is 0 Å². The number of thioether (sulfide) groups is 1. The van der Waals surface area contributed by atoms with Crippen molar-refractivity contribution in [3.8, 4) is 0 Å². The van der Waals surface area contributed by atoms with Gasteiger partial charge in [0.2, 0.25) is 5.91 Å². The highest BCUT2D eigenvalue weighted by Gasteiger charge is 2.08. The fourth-order valence-corrected chi connectivity index (χ4v) is 2.33. The first kappa shape index (κ1) is 15.0. The third kappa shape index (κ3) is 5.06. The van der Waals surface area contributed by atoms with E-state index >= 15 is 0 Å². The molecule has 0 radical (unpaired) electrons. The Labute approximate surface area is 112 Å². The van der Waals surface area contributed by atoms with E-state index in [1.165, 1.54) is 17.8 Å². The number of nitrogens with zero attached hydrogens (tertiary/aromatic N) is 2. The molecule has 0 aliphatic heterocycles. The number of carbonyl (C=O) groups is 1. The van der Waals surface area contributed by atoms with Crippen LogP contribution in [0.1, 0.15) is 0 Å². The van der Waals surface area contributed by atoms with Crippen molar-refractivity contribution in [2.24, 2.45) is 0 Å². The summed E-state index contributed by atoms with van der Waals surface area (Å²) in [6, 6.07) is 6.73. The SMILES string of the molecule is CN(CCSc1ccccc1F)CC(=O)N(C)C. The number of hydrogen-bond acceptors (Lipinski definition) is 3. The maximum Gasteiger partial charge on any atom is 0.236 e. The molecule has 1 aromatic rings. The summed E-state index contributed by atoms with van der Waals surface area (Å²) < 4.78 is 13.3. The predicted molar refractivity (Wildman–Crippen MR) is 73.3 cm³/mol. The van der Waals surface area contributed by atoms with Crippen molar-refractivity contribution in [2.75, 3.05) is 40.0 Å².